The lowest BCUT2D eigenvalue weighted by molar-refractivity contribution is 0.732. The molecule has 1 unspecified atom stereocenters. The molecule has 80 valence electrons. The summed E-state index contributed by atoms with van der Waals surface area (Å²) in [5, 5.41) is 12.6. The van der Waals surface area contributed by atoms with Crippen LogP contribution in [0.25, 0.3) is 0 Å². The third-order valence-corrected chi connectivity index (χ3v) is 2.85. The molecule has 0 saturated heterocycles. The van der Waals surface area contributed by atoms with Crippen LogP contribution in [0, 0.1) is 0 Å². The Kier molecular flexibility index (Phi) is 2.82. The minimum Gasteiger partial charge on any atom is -0.368 e. The predicted octanol–water partition coefficient (Wildman–Crippen LogP) is 1.41. The van der Waals surface area contributed by atoms with Crippen molar-refractivity contribution in [1.82, 2.24) is 20.2 Å². The van der Waals surface area contributed by atoms with Gasteiger partial charge < -0.3 is 11.1 Å². The topological polar surface area (TPSA) is 92.5 Å². The number of hydrogen-bond acceptors (Lipinski definition) is 6. The Hall–Kier alpha value is -1.63. The average Bonchev–Trinajstić information content (AvgIpc) is 2.85. The van der Waals surface area contributed by atoms with Crippen molar-refractivity contribution in [2.75, 3.05) is 11.1 Å². The van der Waals surface area contributed by atoms with Crippen molar-refractivity contribution in [2.24, 2.45) is 0 Å². The second-order valence-electron chi connectivity index (χ2n) is 3.02. The van der Waals surface area contributed by atoms with Crippen molar-refractivity contribution in [3.8, 4) is 0 Å². The van der Waals surface area contributed by atoms with Crippen LogP contribution in [0.4, 0.5) is 11.9 Å². The van der Waals surface area contributed by atoms with Crippen molar-refractivity contribution in [2.45, 2.75) is 19.4 Å². The van der Waals surface area contributed by atoms with Gasteiger partial charge in [-0.1, -0.05) is 6.92 Å². The number of thiazole rings is 1. The van der Waals surface area contributed by atoms with Crippen LogP contribution < -0.4 is 11.1 Å². The summed E-state index contributed by atoms with van der Waals surface area (Å²) in [7, 11) is 0. The molecule has 0 amide bonds. The monoisotopic (exact) mass is 224 g/mol. The number of hydrogen-bond donors (Lipinski definition) is 3. The normalized spacial score (nSPS) is 12.6. The lowest BCUT2D eigenvalue weighted by Gasteiger charge is -2.11. The highest BCUT2D eigenvalue weighted by atomic mass is 32.1. The Morgan fingerprint density at radius 3 is 3.07 bits per heavy atom. The Bertz CT molecular complexity index is 408. The fourth-order valence-corrected chi connectivity index (χ4v) is 2.01. The fourth-order valence-electron chi connectivity index (χ4n) is 1.24. The highest BCUT2D eigenvalue weighted by Gasteiger charge is 2.13. The highest BCUT2D eigenvalue weighted by Crippen LogP contribution is 2.22. The number of nitrogens with zero attached hydrogens (tertiary/aromatic N) is 3. The molecule has 4 N–H and O–H groups in total. The van der Waals surface area contributed by atoms with Crippen LogP contribution in [0.15, 0.2) is 11.6 Å². The lowest BCUT2D eigenvalue weighted by atomic mass is 10.2. The second kappa shape index (κ2) is 4.26. The SMILES string of the molecule is CCC(Nc1n[nH]c(N)n1)c1nccs1. The number of nitrogens with one attached hydrogen (secondary N) is 2. The number of H-pyrrole nitrogens is 1. The molecule has 2 aromatic heterocycles. The molecule has 0 fully saturated rings. The molecule has 1 atom stereocenters. The summed E-state index contributed by atoms with van der Waals surface area (Å²) >= 11 is 1.61. The van der Waals surface area contributed by atoms with E-state index >= 15 is 0 Å². The van der Waals surface area contributed by atoms with E-state index in [0.29, 0.717) is 11.9 Å². The number of rotatable bonds is 4. The molecular weight excluding hydrogens is 212 g/mol. The van der Waals surface area contributed by atoms with Gasteiger partial charge in [0.2, 0.25) is 11.9 Å². The smallest absolute Gasteiger partial charge is 0.244 e. The second-order valence-corrected chi connectivity index (χ2v) is 3.95. The van der Waals surface area contributed by atoms with Crippen LogP contribution in [-0.2, 0) is 0 Å². The highest BCUT2D eigenvalue weighted by molar-refractivity contribution is 7.09. The zero-order valence-corrected chi connectivity index (χ0v) is 9.08. The molecule has 0 aromatic carbocycles. The molecule has 0 bridgehead atoms. The molecule has 0 saturated carbocycles. The van der Waals surface area contributed by atoms with Gasteiger partial charge in [0, 0.05) is 11.6 Å². The van der Waals surface area contributed by atoms with Crippen LogP contribution in [-0.4, -0.2) is 20.2 Å². The average molecular weight is 224 g/mol. The van der Waals surface area contributed by atoms with E-state index in [-0.39, 0.29) is 6.04 Å². The zero-order chi connectivity index (χ0) is 10.7. The molecule has 0 aliphatic heterocycles. The van der Waals surface area contributed by atoms with Gasteiger partial charge in [-0.2, -0.15) is 4.98 Å². The number of aromatic amines is 1. The van der Waals surface area contributed by atoms with E-state index in [9.17, 15) is 0 Å². The first kappa shape index (κ1) is 9.91. The van der Waals surface area contributed by atoms with E-state index in [1.54, 1.807) is 17.5 Å². The van der Waals surface area contributed by atoms with Crippen LogP contribution >= 0.6 is 11.3 Å². The Balaban J connectivity index is 2.09. The first-order valence-corrected chi connectivity index (χ1v) is 5.51. The van der Waals surface area contributed by atoms with E-state index in [1.807, 2.05) is 5.38 Å². The third-order valence-electron chi connectivity index (χ3n) is 1.96. The summed E-state index contributed by atoms with van der Waals surface area (Å²) in [5.74, 6) is 0.820. The number of aromatic nitrogens is 4. The van der Waals surface area contributed by atoms with Crippen molar-refractivity contribution >= 4 is 23.2 Å². The molecular formula is C8H12N6S. The minimum absolute atomic E-state index is 0.139. The molecule has 7 heteroatoms. The summed E-state index contributed by atoms with van der Waals surface area (Å²) in [6, 6.07) is 0.139. The third kappa shape index (κ3) is 2.24. The molecule has 6 nitrogen and oxygen atoms in total. The van der Waals surface area contributed by atoms with Crippen LogP contribution in [0.5, 0.6) is 0 Å². The molecule has 0 spiro atoms. The van der Waals surface area contributed by atoms with Gasteiger partial charge in [-0.3, -0.25) is 0 Å². The summed E-state index contributed by atoms with van der Waals surface area (Å²) in [4.78, 5) is 8.23. The van der Waals surface area contributed by atoms with Crippen molar-refractivity contribution in [3.05, 3.63) is 16.6 Å². The Morgan fingerprint density at radius 1 is 1.67 bits per heavy atom. The zero-order valence-electron chi connectivity index (χ0n) is 8.27. The van der Waals surface area contributed by atoms with Crippen molar-refractivity contribution < 1.29 is 0 Å². The summed E-state index contributed by atoms with van der Waals surface area (Å²) in [6.45, 7) is 2.08. The quantitative estimate of drug-likeness (QED) is 0.730. The van der Waals surface area contributed by atoms with E-state index in [4.69, 9.17) is 5.73 Å². The van der Waals surface area contributed by atoms with Gasteiger partial charge in [-0.25, -0.2) is 10.1 Å². The molecule has 15 heavy (non-hydrogen) atoms. The van der Waals surface area contributed by atoms with Crippen molar-refractivity contribution in [3.63, 3.8) is 0 Å². The van der Waals surface area contributed by atoms with Crippen LogP contribution in [0.3, 0.4) is 0 Å². The predicted molar refractivity (Wildman–Crippen MR) is 59.6 cm³/mol. The first-order chi connectivity index (χ1) is 7.29. The molecule has 0 aliphatic carbocycles. The van der Waals surface area contributed by atoms with Gasteiger partial charge >= 0.3 is 0 Å². The van der Waals surface area contributed by atoms with Crippen molar-refractivity contribution in [1.29, 1.82) is 0 Å². The largest absolute Gasteiger partial charge is 0.368 e. The maximum Gasteiger partial charge on any atom is 0.244 e. The van der Waals surface area contributed by atoms with Gasteiger partial charge in [0.25, 0.3) is 0 Å². The van der Waals surface area contributed by atoms with Gasteiger partial charge in [0.15, 0.2) is 0 Å². The van der Waals surface area contributed by atoms with Gasteiger partial charge in [-0.05, 0) is 6.42 Å². The Morgan fingerprint density at radius 2 is 2.53 bits per heavy atom. The van der Waals surface area contributed by atoms with Gasteiger partial charge in [-0.15, -0.1) is 16.4 Å². The molecule has 2 aromatic rings. The molecule has 0 aliphatic rings. The number of nitrogens with two attached hydrogens (primary N) is 1. The fraction of sp³-hybridized carbons (Fsp3) is 0.375. The molecule has 0 radical (unpaired) electrons. The maximum atomic E-state index is 5.43. The summed E-state index contributed by atoms with van der Waals surface area (Å²) < 4.78 is 0. The molecule has 2 heterocycles. The summed E-state index contributed by atoms with van der Waals surface area (Å²) in [5.41, 5.74) is 5.43. The van der Waals surface area contributed by atoms with E-state index < -0.39 is 0 Å². The first-order valence-electron chi connectivity index (χ1n) is 4.63. The van der Waals surface area contributed by atoms with Gasteiger partial charge in [0.1, 0.15) is 5.01 Å². The van der Waals surface area contributed by atoms with E-state index in [2.05, 4.69) is 32.4 Å². The number of nitrogen functional groups attached to an aromatic ring is 1. The Labute approximate surface area is 90.9 Å². The maximum absolute atomic E-state index is 5.43. The summed E-state index contributed by atoms with van der Waals surface area (Å²) in [6.07, 6.45) is 2.71. The number of anilines is 2. The van der Waals surface area contributed by atoms with E-state index in [1.165, 1.54) is 0 Å². The van der Waals surface area contributed by atoms with Crippen LogP contribution in [0.2, 0.25) is 0 Å². The lowest BCUT2D eigenvalue weighted by Crippen LogP contribution is -2.10. The minimum atomic E-state index is 0.139. The van der Waals surface area contributed by atoms with E-state index in [0.717, 1.165) is 11.4 Å². The van der Waals surface area contributed by atoms with Gasteiger partial charge in [0.05, 0.1) is 6.04 Å². The standard InChI is InChI=1S/C8H12N6S/c1-2-5(6-10-3-4-15-6)11-8-12-7(9)13-14-8/h3-5H,2H2,1H3,(H4,9,11,12,13,14). The molecule has 2 rings (SSSR count). The van der Waals surface area contributed by atoms with Crippen LogP contribution in [0.1, 0.15) is 24.4 Å².